The summed E-state index contributed by atoms with van der Waals surface area (Å²) in [6.45, 7) is 3.43. The van der Waals surface area contributed by atoms with Gasteiger partial charge in [-0.1, -0.05) is 113 Å². The Morgan fingerprint density at radius 3 is 2.06 bits per heavy atom. The van der Waals surface area contributed by atoms with E-state index in [0.717, 1.165) is 24.1 Å². The molecule has 0 heterocycles. The molecule has 0 aliphatic heterocycles. The van der Waals surface area contributed by atoms with Crippen LogP contribution in [0.15, 0.2) is 54.6 Å². The Hall–Kier alpha value is -2.33. The van der Waals surface area contributed by atoms with Crippen LogP contribution >= 0.6 is 0 Å². The molecule has 3 N–H and O–H groups in total. The van der Waals surface area contributed by atoms with E-state index in [1.165, 1.54) is 57.8 Å². The Balaban J connectivity index is 1.70. The van der Waals surface area contributed by atoms with E-state index in [4.69, 9.17) is 0 Å². The number of nitrogens with one attached hydrogen (secondary N) is 2. The molecular weight excluding hydrogens is 396 g/mol. The van der Waals surface area contributed by atoms with Crippen LogP contribution in [0.1, 0.15) is 82.3 Å². The Labute approximate surface area is 194 Å². The topological polar surface area (TPSA) is 61.4 Å². The molecule has 1 atom stereocenters. The third-order valence-electron chi connectivity index (χ3n) is 5.96. The van der Waals surface area contributed by atoms with Crippen molar-refractivity contribution in [2.24, 2.45) is 0 Å². The molecule has 32 heavy (non-hydrogen) atoms. The highest BCUT2D eigenvalue weighted by molar-refractivity contribution is 5.82. The minimum Gasteiger partial charge on any atom is -0.508 e. The molecule has 2 rings (SSSR count). The number of para-hydroxylation sites is 1. The summed E-state index contributed by atoms with van der Waals surface area (Å²) in [6.07, 6.45) is 13.5. The zero-order valence-electron chi connectivity index (χ0n) is 19.8. The molecule has 0 aliphatic carbocycles. The van der Waals surface area contributed by atoms with Crippen LogP contribution in [-0.4, -0.2) is 23.6 Å². The van der Waals surface area contributed by atoms with Gasteiger partial charge in [0.05, 0.1) is 6.04 Å². The average molecular weight is 439 g/mol. The van der Waals surface area contributed by atoms with Crippen molar-refractivity contribution in [3.8, 4) is 5.75 Å². The lowest BCUT2D eigenvalue weighted by Crippen LogP contribution is -2.45. The Kier molecular flexibility index (Phi) is 13.2. The SMILES string of the molecule is CCCCCCCCCCCCNC(=O)C(Cc1ccccc1)NCc1ccccc1O. The summed E-state index contributed by atoms with van der Waals surface area (Å²) >= 11 is 0. The standard InChI is InChI=1S/C28H42N2O2/c1-2-3-4-5-6-7-8-9-10-16-21-29-28(32)26(22-24-17-12-11-13-18-24)30-23-25-19-14-15-20-27(25)31/h11-15,17-20,26,30-31H,2-10,16,21-23H2,1H3,(H,29,32). The van der Waals surface area contributed by atoms with Crippen molar-refractivity contribution >= 4 is 5.91 Å². The Morgan fingerprint density at radius 1 is 0.812 bits per heavy atom. The molecule has 4 nitrogen and oxygen atoms in total. The first kappa shape index (κ1) is 25.9. The Bertz CT molecular complexity index is 748. The van der Waals surface area contributed by atoms with Crippen LogP contribution in [0.25, 0.3) is 0 Å². The number of benzene rings is 2. The zero-order chi connectivity index (χ0) is 22.9. The molecule has 0 aliphatic rings. The molecule has 1 unspecified atom stereocenters. The molecule has 176 valence electrons. The number of phenolic OH excluding ortho intramolecular Hbond substituents is 1. The molecule has 1 amide bonds. The molecule has 0 bridgehead atoms. The smallest absolute Gasteiger partial charge is 0.237 e. The second-order valence-electron chi connectivity index (χ2n) is 8.72. The molecular formula is C28H42N2O2. The fourth-order valence-electron chi connectivity index (χ4n) is 3.95. The van der Waals surface area contributed by atoms with E-state index in [9.17, 15) is 9.90 Å². The first-order valence-electron chi connectivity index (χ1n) is 12.5. The number of carbonyl (C=O) groups excluding carboxylic acids is 1. The van der Waals surface area contributed by atoms with E-state index in [0.29, 0.717) is 13.0 Å². The van der Waals surface area contributed by atoms with Gasteiger partial charge in [-0.05, 0) is 24.5 Å². The van der Waals surface area contributed by atoms with Crippen LogP contribution in [0, 0.1) is 0 Å². The van der Waals surface area contributed by atoms with E-state index in [1.807, 2.05) is 42.5 Å². The van der Waals surface area contributed by atoms with Crippen molar-refractivity contribution < 1.29 is 9.90 Å². The van der Waals surface area contributed by atoms with Gasteiger partial charge in [-0.3, -0.25) is 4.79 Å². The van der Waals surface area contributed by atoms with E-state index in [2.05, 4.69) is 17.6 Å². The molecule has 0 aromatic heterocycles. The van der Waals surface area contributed by atoms with Gasteiger partial charge >= 0.3 is 0 Å². The van der Waals surface area contributed by atoms with E-state index in [1.54, 1.807) is 12.1 Å². The largest absolute Gasteiger partial charge is 0.508 e. The monoisotopic (exact) mass is 438 g/mol. The maximum atomic E-state index is 12.9. The number of carbonyl (C=O) groups is 1. The Morgan fingerprint density at radius 2 is 1.41 bits per heavy atom. The first-order valence-corrected chi connectivity index (χ1v) is 12.5. The lowest BCUT2D eigenvalue weighted by molar-refractivity contribution is -0.123. The average Bonchev–Trinajstić information content (AvgIpc) is 2.81. The predicted octanol–water partition coefficient (Wildman–Crippen LogP) is 6.13. The number of hydrogen-bond acceptors (Lipinski definition) is 3. The van der Waals surface area contributed by atoms with Crippen LogP contribution in [0.5, 0.6) is 5.75 Å². The fraction of sp³-hybridized carbons (Fsp3) is 0.536. The molecule has 0 spiro atoms. The second kappa shape index (κ2) is 16.3. The quantitative estimate of drug-likeness (QED) is 0.260. The van der Waals surface area contributed by atoms with Gasteiger partial charge in [0.2, 0.25) is 5.91 Å². The van der Waals surface area contributed by atoms with Crippen LogP contribution < -0.4 is 10.6 Å². The summed E-state index contributed by atoms with van der Waals surface area (Å²) in [5.74, 6) is 0.282. The van der Waals surface area contributed by atoms with Gasteiger partial charge in [-0.25, -0.2) is 0 Å². The number of unbranched alkanes of at least 4 members (excludes halogenated alkanes) is 9. The van der Waals surface area contributed by atoms with Crippen molar-refractivity contribution in [2.75, 3.05) is 6.54 Å². The second-order valence-corrected chi connectivity index (χ2v) is 8.72. The van der Waals surface area contributed by atoms with Crippen molar-refractivity contribution in [3.63, 3.8) is 0 Å². The third kappa shape index (κ3) is 10.8. The van der Waals surface area contributed by atoms with Gasteiger partial charge < -0.3 is 15.7 Å². The number of amides is 1. The van der Waals surface area contributed by atoms with Crippen LogP contribution in [0.2, 0.25) is 0 Å². The maximum absolute atomic E-state index is 12.9. The van der Waals surface area contributed by atoms with Gasteiger partial charge in [0, 0.05) is 18.7 Å². The van der Waals surface area contributed by atoms with Gasteiger partial charge in [-0.15, -0.1) is 0 Å². The van der Waals surface area contributed by atoms with Crippen molar-refractivity contribution in [2.45, 2.75) is 90.1 Å². The minimum absolute atomic E-state index is 0.0280. The number of aromatic hydroxyl groups is 1. The summed E-state index contributed by atoms with van der Waals surface area (Å²) in [6, 6.07) is 17.0. The molecule has 2 aromatic carbocycles. The van der Waals surface area contributed by atoms with Crippen LogP contribution in [0.3, 0.4) is 0 Å². The minimum atomic E-state index is -0.333. The molecule has 0 radical (unpaired) electrons. The highest BCUT2D eigenvalue weighted by Crippen LogP contribution is 2.16. The van der Waals surface area contributed by atoms with E-state index < -0.39 is 0 Å². The molecule has 0 fully saturated rings. The number of hydrogen-bond donors (Lipinski definition) is 3. The molecule has 2 aromatic rings. The number of rotatable bonds is 17. The molecule has 4 heteroatoms. The summed E-state index contributed by atoms with van der Waals surface area (Å²) in [5.41, 5.74) is 1.92. The summed E-state index contributed by atoms with van der Waals surface area (Å²) in [5, 5.41) is 16.5. The highest BCUT2D eigenvalue weighted by Gasteiger charge is 2.18. The van der Waals surface area contributed by atoms with Crippen LogP contribution in [-0.2, 0) is 17.8 Å². The summed E-state index contributed by atoms with van der Waals surface area (Å²) in [4.78, 5) is 12.9. The van der Waals surface area contributed by atoms with Gasteiger partial charge in [0.1, 0.15) is 5.75 Å². The van der Waals surface area contributed by atoms with E-state index >= 15 is 0 Å². The summed E-state index contributed by atoms with van der Waals surface area (Å²) < 4.78 is 0. The molecule has 0 saturated carbocycles. The van der Waals surface area contributed by atoms with Crippen molar-refractivity contribution in [1.29, 1.82) is 0 Å². The predicted molar refractivity (Wildman–Crippen MR) is 134 cm³/mol. The van der Waals surface area contributed by atoms with Crippen molar-refractivity contribution in [3.05, 3.63) is 65.7 Å². The van der Waals surface area contributed by atoms with Gasteiger partial charge in [0.15, 0.2) is 0 Å². The summed E-state index contributed by atoms with van der Waals surface area (Å²) in [7, 11) is 0. The normalized spacial score (nSPS) is 11.9. The van der Waals surface area contributed by atoms with E-state index in [-0.39, 0.29) is 17.7 Å². The fourth-order valence-corrected chi connectivity index (χ4v) is 3.95. The zero-order valence-corrected chi connectivity index (χ0v) is 19.8. The van der Waals surface area contributed by atoms with Gasteiger partial charge in [-0.2, -0.15) is 0 Å². The lowest BCUT2D eigenvalue weighted by Gasteiger charge is -2.19. The third-order valence-corrected chi connectivity index (χ3v) is 5.96. The van der Waals surface area contributed by atoms with Gasteiger partial charge in [0.25, 0.3) is 0 Å². The van der Waals surface area contributed by atoms with Crippen molar-refractivity contribution in [1.82, 2.24) is 10.6 Å². The maximum Gasteiger partial charge on any atom is 0.237 e. The lowest BCUT2D eigenvalue weighted by atomic mass is 10.0. The molecule has 0 saturated heterocycles. The first-order chi connectivity index (χ1) is 15.7. The number of phenols is 1. The highest BCUT2D eigenvalue weighted by atomic mass is 16.3. The van der Waals surface area contributed by atoms with Crippen LogP contribution in [0.4, 0.5) is 0 Å².